The van der Waals surface area contributed by atoms with Crippen LogP contribution in [-0.4, -0.2) is 12.8 Å². The number of nitrogens with zero attached hydrogens (tertiary/aromatic N) is 1. The predicted molar refractivity (Wildman–Crippen MR) is 45.9 cm³/mol. The molecule has 0 amide bonds. The van der Waals surface area contributed by atoms with Gasteiger partial charge in [0.1, 0.15) is 7.85 Å². The maximum absolute atomic E-state index is 4.13. The Kier molecular flexibility index (Phi) is 2.49. The first-order valence-corrected chi connectivity index (χ1v) is 3.79. The number of rotatable bonds is 2. The third-order valence-corrected chi connectivity index (χ3v) is 1.67. The number of aromatic nitrogens is 1. The molecular formula is C8H12BN. The highest BCUT2D eigenvalue weighted by Gasteiger charge is 1.90. The molecular weight excluding hydrogens is 121 g/mol. The monoisotopic (exact) mass is 133 g/mol. The molecule has 1 aromatic heterocycles. The molecule has 1 heterocycles. The van der Waals surface area contributed by atoms with E-state index in [1.807, 2.05) is 12.4 Å². The van der Waals surface area contributed by atoms with E-state index in [9.17, 15) is 0 Å². The third kappa shape index (κ3) is 1.60. The molecule has 0 fully saturated rings. The first kappa shape index (κ1) is 7.32. The second kappa shape index (κ2) is 3.40. The van der Waals surface area contributed by atoms with Crippen molar-refractivity contribution < 1.29 is 0 Å². The van der Waals surface area contributed by atoms with Gasteiger partial charge < -0.3 is 0 Å². The zero-order valence-corrected chi connectivity index (χ0v) is 6.59. The van der Waals surface area contributed by atoms with Crippen LogP contribution in [0.3, 0.4) is 0 Å². The Labute approximate surface area is 62.9 Å². The van der Waals surface area contributed by atoms with E-state index in [1.54, 1.807) is 0 Å². The van der Waals surface area contributed by atoms with Gasteiger partial charge in [-0.15, -0.1) is 0 Å². The summed E-state index contributed by atoms with van der Waals surface area (Å²) >= 11 is 0. The van der Waals surface area contributed by atoms with Gasteiger partial charge in [-0.3, -0.25) is 4.98 Å². The van der Waals surface area contributed by atoms with E-state index >= 15 is 0 Å². The Morgan fingerprint density at radius 3 is 2.70 bits per heavy atom. The molecule has 10 heavy (non-hydrogen) atoms. The molecule has 2 heteroatoms. The Morgan fingerprint density at radius 1 is 1.40 bits per heavy atom. The molecule has 0 atom stereocenters. The van der Waals surface area contributed by atoms with Crippen molar-refractivity contribution in [3.8, 4) is 0 Å². The maximum atomic E-state index is 4.13. The van der Waals surface area contributed by atoms with Gasteiger partial charge in [0.15, 0.2) is 0 Å². The maximum Gasteiger partial charge on any atom is 0.107 e. The molecule has 0 aliphatic rings. The molecule has 52 valence electrons. The van der Waals surface area contributed by atoms with E-state index < -0.39 is 0 Å². The van der Waals surface area contributed by atoms with Crippen molar-refractivity contribution in [1.82, 2.24) is 4.98 Å². The van der Waals surface area contributed by atoms with Crippen LogP contribution < -0.4 is 0 Å². The summed E-state index contributed by atoms with van der Waals surface area (Å²) < 4.78 is 0. The minimum absolute atomic E-state index is 1.08. The van der Waals surface area contributed by atoms with Crippen LogP contribution in [0.25, 0.3) is 0 Å². The van der Waals surface area contributed by atoms with Gasteiger partial charge in [0.25, 0.3) is 0 Å². The van der Waals surface area contributed by atoms with Crippen LogP contribution in [0.5, 0.6) is 0 Å². The molecule has 0 aliphatic carbocycles. The van der Waals surface area contributed by atoms with Gasteiger partial charge >= 0.3 is 0 Å². The Morgan fingerprint density at radius 2 is 2.10 bits per heavy atom. The molecule has 0 radical (unpaired) electrons. The molecule has 1 rings (SSSR count). The highest BCUT2D eigenvalue weighted by atomic mass is 14.6. The van der Waals surface area contributed by atoms with Crippen molar-refractivity contribution in [1.29, 1.82) is 0 Å². The average Bonchev–Trinajstić information content (AvgIpc) is 2.05. The number of hydrogen-bond acceptors (Lipinski definition) is 1. The molecule has 0 saturated heterocycles. The highest BCUT2D eigenvalue weighted by molar-refractivity contribution is 6.08. The molecule has 0 aromatic carbocycles. The largest absolute Gasteiger partial charge is 0.264 e. The van der Waals surface area contributed by atoms with Gasteiger partial charge in [0.05, 0.1) is 0 Å². The molecule has 1 aromatic rings. The summed E-state index contributed by atoms with van der Waals surface area (Å²) in [4.78, 5) is 4.13. The van der Waals surface area contributed by atoms with E-state index in [2.05, 4.69) is 25.8 Å². The zero-order valence-electron chi connectivity index (χ0n) is 6.59. The van der Waals surface area contributed by atoms with Crippen LogP contribution in [-0.2, 0) is 12.7 Å². The molecule has 0 spiro atoms. The van der Waals surface area contributed by atoms with Crippen molar-refractivity contribution in [3.05, 3.63) is 29.6 Å². The van der Waals surface area contributed by atoms with Gasteiger partial charge in [-0.2, -0.15) is 0 Å². The van der Waals surface area contributed by atoms with Gasteiger partial charge in [-0.1, -0.05) is 19.3 Å². The van der Waals surface area contributed by atoms with Crippen LogP contribution in [0.4, 0.5) is 0 Å². The van der Waals surface area contributed by atoms with E-state index in [-0.39, 0.29) is 0 Å². The second-order valence-electron chi connectivity index (χ2n) is 2.41. The van der Waals surface area contributed by atoms with Crippen molar-refractivity contribution in [3.63, 3.8) is 0 Å². The lowest BCUT2D eigenvalue weighted by Crippen LogP contribution is -1.88. The van der Waals surface area contributed by atoms with Crippen molar-refractivity contribution in [2.75, 3.05) is 0 Å². The fraction of sp³-hybridized carbons (Fsp3) is 0.375. The van der Waals surface area contributed by atoms with Crippen LogP contribution >= 0.6 is 0 Å². The number of hydrogen-bond donors (Lipinski definition) is 0. The van der Waals surface area contributed by atoms with Gasteiger partial charge in [0.2, 0.25) is 0 Å². The number of aryl methyl sites for hydroxylation is 1. The molecule has 0 N–H and O–H groups in total. The lowest BCUT2D eigenvalue weighted by molar-refractivity contribution is 1.08. The van der Waals surface area contributed by atoms with E-state index in [0.29, 0.717) is 0 Å². The van der Waals surface area contributed by atoms with Crippen molar-refractivity contribution in [2.24, 2.45) is 0 Å². The van der Waals surface area contributed by atoms with Crippen molar-refractivity contribution in [2.45, 2.75) is 19.7 Å². The Balaban J connectivity index is 2.87. The van der Waals surface area contributed by atoms with Gasteiger partial charge in [-0.25, -0.2) is 0 Å². The van der Waals surface area contributed by atoms with Crippen LogP contribution in [0.15, 0.2) is 18.5 Å². The fourth-order valence-electron chi connectivity index (χ4n) is 0.928. The Hall–Kier alpha value is -0.785. The summed E-state index contributed by atoms with van der Waals surface area (Å²) in [7, 11) is 2.15. The summed E-state index contributed by atoms with van der Waals surface area (Å²) in [5.74, 6) is 0. The lowest BCUT2D eigenvalue weighted by Gasteiger charge is -1.97. The minimum Gasteiger partial charge on any atom is -0.264 e. The topological polar surface area (TPSA) is 12.9 Å². The molecule has 1 nitrogen and oxygen atoms in total. The first-order chi connectivity index (χ1) is 4.86. The molecule has 0 saturated carbocycles. The summed E-state index contributed by atoms with van der Waals surface area (Å²) in [6, 6.07) is 2.22. The first-order valence-electron chi connectivity index (χ1n) is 3.79. The van der Waals surface area contributed by atoms with Crippen LogP contribution in [0, 0.1) is 0 Å². The summed E-state index contributed by atoms with van der Waals surface area (Å²) in [6.45, 7) is 2.15. The molecule has 0 bridgehead atoms. The summed E-state index contributed by atoms with van der Waals surface area (Å²) in [5.41, 5.74) is 2.67. The number of pyridine rings is 1. The summed E-state index contributed by atoms with van der Waals surface area (Å²) in [5, 5.41) is 0. The van der Waals surface area contributed by atoms with Crippen LogP contribution in [0.2, 0.25) is 0 Å². The van der Waals surface area contributed by atoms with Gasteiger partial charge in [-0.05, 0) is 17.5 Å². The minimum atomic E-state index is 1.08. The highest BCUT2D eigenvalue weighted by Crippen LogP contribution is 2.02. The lowest BCUT2D eigenvalue weighted by atomic mass is 9.97. The fourth-order valence-corrected chi connectivity index (χ4v) is 0.928. The van der Waals surface area contributed by atoms with Crippen LogP contribution in [0.1, 0.15) is 18.1 Å². The Bertz CT molecular complexity index is 191. The quantitative estimate of drug-likeness (QED) is 0.543. The smallest absolute Gasteiger partial charge is 0.107 e. The summed E-state index contributed by atoms with van der Waals surface area (Å²) in [6.07, 6.45) is 6.03. The second-order valence-corrected chi connectivity index (χ2v) is 2.41. The zero-order chi connectivity index (χ0) is 7.40. The van der Waals surface area contributed by atoms with E-state index in [4.69, 9.17) is 0 Å². The SMILES string of the molecule is BCc1cncc(CC)c1. The predicted octanol–water partition coefficient (Wildman–Crippen LogP) is 0.777. The van der Waals surface area contributed by atoms with E-state index in [1.165, 1.54) is 11.1 Å². The normalized spacial score (nSPS) is 9.70. The van der Waals surface area contributed by atoms with Gasteiger partial charge in [0, 0.05) is 12.4 Å². The third-order valence-electron chi connectivity index (χ3n) is 1.67. The van der Waals surface area contributed by atoms with Crippen molar-refractivity contribution >= 4 is 7.85 Å². The van der Waals surface area contributed by atoms with E-state index in [0.717, 1.165) is 12.7 Å². The average molecular weight is 133 g/mol. The molecule has 0 aliphatic heterocycles. The standard InChI is InChI=1S/C8H12BN/c1-2-7-3-8(4-9)6-10-5-7/h3,5-6H,2,4,9H2,1H3. The molecule has 0 unspecified atom stereocenters.